The quantitative estimate of drug-likeness (QED) is 0.348. The molecule has 2 rings (SSSR count). The van der Waals surface area contributed by atoms with Crippen molar-refractivity contribution in [2.45, 2.75) is 6.18 Å². The molecule has 0 aliphatic carbocycles. The summed E-state index contributed by atoms with van der Waals surface area (Å²) in [5.41, 5.74) is -1.94. The summed E-state index contributed by atoms with van der Waals surface area (Å²) in [5.74, 6) is -0.864. The summed E-state index contributed by atoms with van der Waals surface area (Å²) >= 11 is 1.23. The highest BCUT2D eigenvalue weighted by Crippen LogP contribution is 2.34. The predicted octanol–water partition coefficient (Wildman–Crippen LogP) is 2.63. The van der Waals surface area contributed by atoms with Crippen molar-refractivity contribution in [1.29, 1.82) is 0 Å². The first-order valence-electron chi connectivity index (χ1n) is 7.86. The van der Waals surface area contributed by atoms with Gasteiger partial charge in [-0.1, -0.05) is 6.07 Å². The summed E-state index contributed by atoms with van der Waals surface area (Å²) in [7, 11) is 0. The van der Waals surface area contributed by atoms with Crippen molar-refractivity contribution < 1.29 is 27.7 Å². The molecule has 0 bridgehead atoms. The Morgan fingerprint density at radius 1 is 1.14 bits per heavy atom. The number of nitro groups is 1. The number of nitro benzene ring substituents is 1. The third-order valence-electron chi connectivity index (χ3n) is 3.44. The van der Waals surface area contributed by atoms with E-state index in [1.165, 1.54) is 11.3 Å². The first-order chi connectivity index (χ1) is 13.2. The smallest absolute Gasteiger partial charge is 0.378 e. The average molecular weight is 416 g/mol. The van der Waals surface area contributed by atoms with Crippen LogP contribution in [0.15, 0.2) is 35.7 Å². The lowest BCUT2D eigenvalue weighted by atomic mass is 10.1. The number of carbonyl (C=O) groups excluding carboxylic acids is 2. The van der Waals surface area contributed by atoms with Crippen LogP contribution < -0.4 is 16.0 Å². The van der Waals surface area contributed by atoms with Crippen molar-refractivity contribution in [1.82, 2.24) is 10.6 Å². The third-order valence-corrected chi connectivity index (χ3v) is 4.31. The van der Waals surface area contributed by atoms with Crippen LogP contribution in [0.25, 0.3) is 0 Å². The maximum atomic E-state index is 12.7. The molecule has 1 aromatic heterocycles. The van der Waals surface area contributed by atoms with Gasteiger partial charge in [-0.2, -0.15) is 13.2 Å². The molecule has 2 aromatic rings. The number of benzene rings is 1. The van der Waals surface area contributed by atoms with Crippen LogP contribution in [-0.2, 0) is 11.0 Å². The van der Waals surface area contributed by atoms with Gasteiger partial charge in [0.1, 0.15) is 5.69 Å². The molecule has 2 amide bonds. The van der Waals surface area contributed by atoms with E-state index in [1.54, 1.807) is 17.5 Å². The topological polar surface area (TPSA) is 113 Å². The molecule has 1 heterocycles. The number of alkyl halides is 3. The van der Waals surface area contributed by atoms with Crippen LogP contribution in [0.5, 0.6) is 0 Å². The van der Waals surface area contributed by atoms with Gasteiger partial charge in [0.2, 0.25) is 5.91 Å². The zero-order chi connectivity index (χ0) is 20.7. The van der Waals surface area contributed by atoms with Gasteiger partial charge in [-0.25, -0.2) is 0 Å². The Labute approximate surface area is 160 Å². The molecular weight excluding hydrogens is 401 g/mol. The lowest BCUT2D eigenvalue weighted by Gasteiger charge is -2.11. The molecule has 28 heavy (non-hydrogen) atoms. The second-order valence-corrected chi connectivity index (χ2v) is 6.37. The van der Waals surface area contributed by atoms with Crippen LogP contribution >= 0.6 is 11.3 Å². The fourth-order valence-corrected chi connectivity index (χ4v) is 2.77. The molecular formula is C16H15F3N4O4S. The number of anilines is 1. The van der Waals surface area contributed by atoms with E-state index in [9.17, 15) is 32.9 Å². The van der Waals surface area contributed by atoms with E-state index in [2.05, 4.69) is 16.0 Å². The summed E-state index contributed by atoms with van der Waals surface area (Å²) in [6.45, 7) is -0.167. The lowest BCUT2D eigenvalue weighted by molar-refractivity contribution is -0.384. The summed E-state index contributed by atoms with van der Waals surface area (Å²) < 4.78 is 38.0. The lowest BCUT2D eigenvalue weighted by Crippen LogP contribution is -2.38. The highest BCUT2D eigenvalue weighted by Gasteiger charge is 2.32. The number of carbonyl (C=O) groups is 2. The Kier molecular flexibility index (Phi) is 6.93. The fourth-order valence-electron chi connectivity index (χ4n) is 2.13. The number of amides is 2. The molecule has 0 saturated heterocycles. The van der Waals surface area contributed by atoms with Crippen molar-refractivity contribution in [3.05, 3.63) is 56.3 Å². The van der Waals surface area contributed by atoms with E-state index in [1.807, 2.05) is 0 Å². The maximum Gasteiger partial charge on any atom is 0.416 e. The molecule has 0 radical (unpaired) electrons. The van der Waals surface area contributed by atoms with Gasteiger partial charge in [0.05, 0.1) is 21.9 Å². The summed E-state index contributed by atoms with van der Waals surface area (Å²) in [4.78, 5) is 33.9. The van der Waals surface area contributed by atoms with Crippen molar-refractivity contribution in [2.75, 3.05) is 25.0 Å². The predicted molar refractivity (Wildman–Crippen MR) is 96.3 cm³/mol. The number of hydrogen-bond donors (Lipinski definition) is 3. The Bertz CT molecular complexity index is 856. The molecule has 150 valence electrons. The van der Waals surface area contributed by atoms with Crippen LogP contribution in [0.3, 0.4) is 0 Å². The van der Waals surface area contributed by atoms with Crippen molar-refractivity contribution in [3.63, 3.8) is 0 Å². The Morgan fingerprint density at radius 2 is 1.89 bits per heavy atom. The summed E-state index contributed by atoms with van der Waals surface area (Å²) in [5, 5.41) is 20.2. The van der Waals surface area contributed by atoms with Gasteiger partial charge in [-0.15, -0.1) is 11.3 Å². The second-order valence-electron chi connectivity index (χ2n) is 5.42. The third kappa shape index (κ3) is 5.94. The van der Waals surface area contributed by atoms with Crippen LogP contribution in [0.2, 0.25) is 0 Å². The van der Waals surface area contributed by atoms with Gasteiger partial charge in [-0.3, -0.25) is 19.7 Å². The molecule has 0 aliphatic rings. The van der Waals surface area contributed by atoms with Gasteiger partial charge in [0.15, 0.2) is 0 Å². The fraction of sp³-hybridized carbons (Fsp3) is 0.250. The number of nitrogens with zero attached hydrogens (tertiary/aromatic N) is 1. The monoisotopic (exact) mass is 416 g/mol. The normalized spacial score (nSPS) is 11.0. The van der Waals surface area contributed by atoms with E-state index in [0.717, 1.165) is 12.1 Å². The summed E-state index contributed by atoms with van der Waals surface area (Å²) in [6.07, 6.45) is -4.69. The minimum atomic E-state index is -4.69. The first kappa shape index (κ1) is 21.2. The van der Waals surface area contributed by atoms with Crippen LogP contribution in [0.1, 0.15) is 15.2 Å². The van der Waals surface area contributed by atoms with E-state index < -0.39 is 28.3 Å². The zero-order valence-corrected chi connectivity index (χ0v) is 15.0. The number of nitrogens with one attached hydrogen (secondary N) is 3. The van der Waals surface area contributed by atoms with E-state index in [0.29, 0.717) is 10.9 Å². The average Bonchev–Trinajstić information content (AvgIpc) is 3.17. The van der Waals surface area contributed by atoms with Crippen molar-refractivity contribution in [3.8, 4) is 0 Å². The summed E-state index contributed by atoms with van der Waals surface area (Å²) in [6, 6.07) is 5.45. The second kappa shape index (κ2) is 9.17. The molecule has 0 saturated carbocycles. The van der Waals surface area contributed by atoms with E-state index in [-0.39, 0.29) is 31.2 Å². The number of hydrogen-bond acceptors (Lipinski definition) is 6. The maximum absolute atomic E-state index is 12.7. The molecule has 0 unspecified atom stereocenters. The molecule has 3 N–H and O–H groups in total. The van der Waals surface area contributed by atoms with Crippen molar-refractivity contribution in [2.24, 2.45) is 0 Å². The van der Waals surface area contributed by atoms with Crippen LogP contribution in [-0.4, -0.2) is 36.4 Å². The number of thiophene rings is 1. The largest absolute Gasteiger partial charge is 0.416 e. The SMILES string of the molecule is O=C(CNC(=O)c1cccs1)NCCNc1ccc(C(F)(F)F)cc1[N+](=O)[O-]. The Balaban J connectivity index is 1.80. The number of halogens is 3. The van der Waals surface area contributed by atoms with E-state index >= 15 is 0 Å². The van der Waals surface area contributed by atoms with Gasteiger partial charge in [0, 0.05) is 19.2 Å². The van der Waals surface area contributed by atoms with Gasteiger partial charge >= 0.3 is 6.18 Å². The van der Waals surface area contributed by atoms with Crippen LogP contribution in [0, 0.1) is 10.1 Å². The zero-order valence-electron chi connectivity index (χ0n) is 14.2. The minimum absolute atomic E-state index is 0.0385. The van der Waals surface area contributed by atoms with Crippen molar-refractivity contribution >= 4 is 34.5 Å². The molecule has 12 heteroatoms. The van der Waals surface area contributed by atoms with Crippen LogP contribution in [0.4, 0.5) is 24.5 Å². The molecule has 0 atom stereocenters. The van der Waals surface area contributed by atoms with Gasteiger partial charge in [0.25, 0.3) is 11.6 Å². The first-order valence-corrected chi connectivity index (χ1v) is 8.74. The Hall–Kier alpha value is -3.15. The van der Waals surface area contributed by atoms with Gasteiger partial charge < -0.3 is 16.0 Å². The highest BCUT2D eigenvalue weighted by atomic mass is 32.1. The van der Waals surface area contributed by atoms with Gasteiger partial charge in [-0.05, 0) is 23.6 Å². The molecule has 0 aliphatic heterocycles. The molecule has 0 fully saturated rings. The van der Waals surface area contributed by atoms with E-state index in [4.69, 9.17) is 0 Å². The highest BCUT2D eigenvalue weighted by molar-refractivity contribution is 7.12. The Morgan fingerprint density at radius 3 is 2.50 bits per heavy atom. The number of rotatable bonds is 8. The standard InChI is InChI=1S/C16H15F3N4O4S/c17-16(18,19)10-3-4-11(12(8-10)23(26)27)20-5-6-21-14(24)9-22-15(25)13-2-1-7-28-13/h1-4,7-8,20H,5-6,9H2,(H,21,24)(H,22,25). The molecule has 1 aromatic carbocycles. The molecule has 8 nitrogen and oxygen atoms in total. The minimum Gasteiger partial charge on any atom is -0.378 e. The molecule has 0 spiro atoms.